The van der Waals surface area contributed by atoms with E-state index in [9.17, 15) is 13.2 Å². The number of nitrogens with zero attached hydrogens (tertiary/aromatic N) is 1. The van der Waals surface area contributed by atoms with E-state index in [4.69, 9.17) is 11.6 Å². The highest BCUT2D eigenvalue weighted by atomic mass is 35.5. The molecule has 1 aromatic heterocycles. The van der Waals surface area contributed by atoms with Gasteiger partial charge < -0.3 is 0 Å². The van der Waals surface area contributed by atoms with Crippen LogP contribution in [0.25, 0.3) is 10.9 Å². The minimum Gasteiger partial charge on any atom is -0.272 e. The zero-order valence-corrected chi connectivity index (χ0v) is 8.37. The Morgan fingerprint density at radius 3 is 2.60 bits per heavy atom. The van der Waals surface area contributed by atoms with Crippen molar-refractivity contribution in [2.45, 2.75) is 13.1 Å². The smallest absolute Gasteiger partial charge is 0.272 e. The molecule has 0 atom stereocenters. The molecule has 0 radical (unpaired) electrons. The maximum atomic E-state index is 12.5. The SMILES string of the molecule is Cc1ccc2n[nH]c(C(F)(F)F)c2c1Cl. The highest BCUT2D eigenvalue weighted by Crippen LogP contribution is 2.37. The van der Waals surface area contributed by atoms with Crippen molar-refractivity contribution in [1.29, 1.82) is 0 Å². The normalized spacial score (nSPS) is 12.3. The predicted octanol–water partition coefficient (Wildman–Crippen LogP) is 3.54. The third-order valence-corrected chi connectivity index (χ3v) is 2.62. The molecule has 1 N–H and O–H groups in total. The number of benzene rings is 1. The summed E-state index contributed by atoms with van der Waals surface area (Å²) in [5, 5.41) is 5.55. The first kappa shape index (κ1) is 10.3. The highest BCUT2D eigenvalue weighted by molar-refractivity contribution is 6.36. The van der Waals surface area contributed by atoms with Crippen LogP contribution in [0, 0.1) is 6.92 Å². The van der Waals surface area contributed by atoms with Gasteiger partial charge in [0.15, 0.2) is 0 Å². The molecule has 2 aromatic rings. The fraction of sp³-hybridized carbons (Fsp3) is 0.222. The largest absolute Gasteiger partial charge is 0.433 e. The van der Waals surface area contributed by atoms with Crippen LogP contribution in [-0.2, 0) is 6.18 Å². The Bertz CT molecular complexity index is 516. The Balaban J connectivity index is 2.84. The predicted molar refractivity (Wildman–Crippen MR) is 50.8 cm³/mol. The van der Waals surface area contributed by atoms with Crippen molar-refractivity contribution >= 4 is 22.5 Å². The van der Waals surface area contributed by atoms with E-state index in [-0.39, 0.29) is 15.9 Å². The summed E-state index contributed by atoms with van der Waals surface area (Å²) in [4.78, 5) is 0. The van der Waals surface area contributed by atoms with E-state index < -0.39 is 11.9 Å². The molecule has 0 aliphatic rings. The number of aromatic nitrogens is 2. The van der Waals surface area contributed by atoms with Gasteiger partial charge in [0, 0.05) is 0 Å². The molecule has 80 valence electrons. The average Bonchev–Trinajstić information content (AvgIpc) is 2.54. The van der Waals surface area contributed by atoms with Gasteiger partial charge in [0.05, 0.1) is 15.9 Å². The third-order valence-electron chi connectivity index (χ3n) is 2.13. The number of hydrogen-bond donors (Lipinski definition) is 1. The summed E-state index contributed by atoms with van der Waals surface area (Å²) in [6, 6.07) is 3.13. The van der Waals surface area contributed by atoms with Crippen LogP contribution in [0.15, 0.2) is 12.1 Å². The number of rotatable bonds is 0. The molecule has 0 aliphatic carbocycles. The lowest BCUT2D eigenvalue weighted by molar-refractivity contribution is -0.139. The number of H-pyrrole nitrogens is 1. The molecule has 15 heavy (non-hydrogen) atoms. The van der Waals surface area contributed by atoms with Crippen molar-refractivity contribution in [3.8, 4) is 0 Å². The van der Waals surface area contributed by atoms with Gasteiger partial charge in [0.25, 0.3) is 0 Å². The standard InChI is InChI=1S/C9H6ClF3N2/c1-4-2-3-5-6(7(4)10)8(15-14-5)9(11,12)13/h2-3H,1H3,(H,14,15). The number of halogens is 4. The van der Waals surface area contributed by atoms with E-state index >= 15 is 0 Å². The fourth-order valence-electron chi connectivity index (χ4n) is 1.38. The zero-order valence-electron chi connectivity index (χ0n) is 7.61. The lowest BCUT2D eigenvalue weighted by atomic mass is 10.1. The molecule has 0 saturated heterocycles. The van der Waals surface area contributed by atoms with E-state index in [0.717, 1.165) is 0 Å². The molecule has 0 amide bonds. The Labute approximate surface area is 88.0 Å². The minimum absolute atomic E-state index is 0.0656. The van der Waals surface area contributed by atoms with Crippen molar-refractivity contribution in [2.75, 3.05) is 0 Å². The first-order valence-corrected chi connectivity index (χ1v) is 4.49. The molecule has 2 nitrogen and oxygen atoms in total. The average molecular weight is 235 g/mol. The Morgan fingerprint density at radius 2 is 2.00 bits per heavy atom. The number of hydrogen-bond acceptors (Lipinski definition) is 1. The molecule has 0 saturated carbocycles. The Hall–Kier alpha value is -1.23. The topological polar surface area (TPSA) is 28.7 Å². The van der Waals surface area contributed by atoms with Gasteiger partial charge in [-0.3, -0.25) is 5.10 Å². The van der Waals surface area contributed by atoms with Gasteiger partial charge in [-0.2, -0.15) is 18.3 Å². The summed E-state index contributed by atoms with van der Waals surface area (Å²) in [6.07, 6.45) is -4.47. The van der Waals surface area contributed by atoms with E-state index in [2.05, 4.69) is 5.10 Å². The quantitative estimate of drug-likeness (QED) is 0.742. The molecule has 0 fully saturated rings. The first-order chi connectivity index (χ1) is 6.91. The van der Waals surface area contributed by atoms with Gasteiger partial charge in [0.2, 0.25) is 0 Å². The van der Waals surface area contributed by atoms with Crippen molar-refractivity contribution < 1.29 is 13.2 Å². The molecule has 1 aromatic carbocycles. The van der Waals surface area contributed by atoms with Gasteiger partial charge in [-0.15, -0.1) is 0 Å². The minimum atomic E-state index is -4.47. The van der Waals surface area contributed by atoms with Crippen LogP contribution >= 0.6 is 11.6 Å². The second kappa shape index (κ2) is 3.13. The summed E-state index contributed by atoms with van der Waals surface area (Å²) in [5.74, 6) is 0. The van der Waals surface area contributed by atoms with Gasteiger partial charge >= 0.3 is 6.18 Å². The maximum absolute atomic E-state index is 12.5. The summed E-state index contributed by atoms with van der Waals surface area (Å²) < 4.78 is 37.6. The molecule has 1 heterocycles. The van der Waals surface area contributed by atoms with Gasteiger partial charge in [0.1, 0.15) is 5.69 Å². The zero-order chi connectivity index (χ0) is 11.2. The number of nitrogens with one attached hydrogen (secondary N) is 1. The Morgan fingerprint density at radius 1 is 1.33 bits per heavy atom. The van der Waals surface area contributed by atoms with Crippen LogP contribution in [0.4, 0.5) is 13.2 Å². The van der Waals surface area contributed by atoms with Crippen LogP contribution in [0.2, 0.25) is 5.02 Å². The number of fused-ring (bicyclic) bond motifs is 1. The monoisotopic (exact) mass is 234 g/mol. The number of aromatic amines is 1. The number of alkyl halides is 3. The summed E-state index contributed by atoms with van der Waals surface area (Å²) in [6.45, 7) is 1.65. The van der Waals surface area contributed by atoms with E-state index in [0.29, 0.717) is 5.56 Å². The van der Waals surface area contributed by atoms with Crippen LogP contribution in [0.5, 0.6) is 0 Å². The van der Waals surface area contributed by atoms with Crippen LogP contribution < -0.4 is 0 Å². The van der Waals surface area contributed by atoms with Crippen LogP contribution in [0.3, 0.4) is 0 Å². The molecular formula is C9H6ClF3N2. The molecular weight excluding hydrogens is 229 g/mol. The maximum Gasteiger partial charge on any atom is 0.433 e. The molecule has 6 heteroatoms. The van der Waals surface area contributed by atoms with E-state index in [1.165, 1.54) is 6.07 Å². The highest BCUT2D eigenvalue weighted by Gasteiger charge is 2.36. The molecule has 0 unspecified atom stereocenters. The van der Waals surface area contributed by atoms with Crippen molar-refractivity contribution in [3.63, 3.8) is 0 Å². The van der Waals surface area contributed by atoms with Crippen molar-refractivity contribution in [1.82, 2.24) is 10.2 Å². The number of aryl methyl sites for hydroxylation is 1. The van der Waals surface area contributed by atoms with Gasteiger partial charge in [-0.25, -0.2) is 0 Å². The van der Waals surface area contributed by atoms with Crippen molar-refractivity contribution in [3.05, 3.63) is 28.4 Å². The molecule has 0 bridgehead atoms. The van der Waals surface area contributed by atoms with Gasteiger partial charge in [-0.1, -0.05) is 17.7 Å². The summed E-state index contributed by atoms with van der Waals surface area (Å²) in [7, 11) is 0. The lowest BCUT2D eigenvalue weighted by Crippen LogP contribution is -2.06. The molecule has 2 rings (SSSR count). The summed E-state index contributed by atoms with van der Waals surface area (Å²) >= 11 is 5.82. The lowest BCUT2D eigenvalue weighted by Gasteiger charge is -2.05. The van der Waals surface area contributed by atoms with Crippen molar-refractivity contribution in [2.24, 2.45) is 0 Å². The molecule has 0 spiro atoms. The molecule has 0 aliphatic heterocycles. The second-order valence-electron chi connectivity index (χ2n) is 3.19. The first-order valence-electron chi connectivity index (χ1n) is 4.11. The third kappa shape index (κ3) is 1.56. The van der Waals surface area contributed by atoms with Crippen LogP contribution in [-0.4, -0.2) is 10.2 Å². The van der Waals surface area contributed by atoms with E-state index in [1.54, 1.807) is 13.0 Å². The summed E-state index contributed by atoms with van der Waals surface area (Å²) in [5.41, 5.74) is -0.0832. The fourth-order valence-corrected chi connectivity index (χ4v) is 1.63. The van der Waals surface area contributed by atoms with E-state index in [1.807, 2.05) is 5.10 Å². The Kier molecular flexibility index (Phi) is 2.15. The van der Waals surface area contributed by atoms with Crippen LogP contribution in [0.1, 0.15) is 11.3 Å². The second-order valence-corrected chi connectivity index (χ2v) is 3.56. The van der Waals surface area contributed by atoms with Gasteiger partial charge in [-0.05, 0) is 18.6 Å².